The Balaban J connectivity index is 1.49. The largest absolute Gasteiger partial charge is 0.309 e. The van der Waals surface area contributed by atoms with Gasteiger partial charge in [-0.25, -0.2) is 0 Å². The third-order valence-corrected chi connectivity index (χ3v) is 6.52. The predicted octanol–water partition coefficient (Wildman–Crippen LogP) is 9.63. The van der Waals surface area contributed by atoms with Crippen molar-refractivity contribution in [2.75, 3.05) is 4.90 Å². The molecule has 0 saturated carbocycles. The zero-order chi connectivity index (χ0) is 22.9. The molecule has 5 aromatic rings. The van der Waals surface area contributed by atoms with Gasteiger partial charge in [0.25, 0.3) is 0 Å². The van der Waals surface area contributed by atoms with Crippen LogP contribution in [0, 0.1) is 0 Å². The number of hydrogen-bond acceptors (Lipinski definition) is 1. The number of hydrogen-bond donors (Lipinski definition) is 0. The highest BCUT2D eigenvalue weighted by Gasteiger charge is 2.20. The molecule has 6 rings (SSSR count). The summed E-state index contributed by atoms with van der Waals surface area (Å²) in [6.07, 6.45) is 4.35. The summed E-state index contributed by atoms with van der Waals surface area (Å²) in [5, 5.41) is 0.735. The van der Waals surface area contributed by atoms with Crippen LogP contribution in [0.25, 0.3) is 34.4 Å². The molecule has 0 N–H and O–H groups in total. The van der Waals surface area contributed by atoms with Gasteiger partial charge in [0.15, 0.2) is 0 Å². The summed E-state index contributed by atoms with van der Waals surface area (Å²) in [6, 6.07) is 42.5. The number of halogens is 1. The van der Waals surface area contributed by atoms with Gasteiger partial charge in [0, 0.05) is 10.7 Å². The highest BCUT2D eigenvalue weighted by Crippen LogP contribution is 2.44. The third kappa shape index (κ3) is 3.81. The summed E-state index contributed by atoms with van der Waals surface area (Å²) in [5.74, 6) is 0. The van der Waals surface area contributed by atoms with Crippen LogP contribution in [0.3, 0.4) is 0 Å². The molecule has 162 valence electrons. The van der Waals surface area contributed by atoms with Crippen molar-refractivity contribution >= 4 is 40.8 Å². The van der Waals surface area contributed by atoms with Crippen LogP contribution in [0.15, 0.2) is 121 Å². The Bertz CT molecular complexity index is 1490. The van der Waals surface area contributed by atoms with E-state index in [4.69, 9.17) is 11.6 Å². The molecule has 1 nitrogen and oxygen atoms in total. The van der Waals surface area contributed by atoms with E-state index in [-0.39, 0.29) is 0 Å². The minimum atomic E-state index is 0.735. The molecule has 0 unspecified atom stereocenters. The van der Waals surface area contributed by atoms with Gasteiger partial charge in [-0.05, 0) is 75.8 Å². The summed E-state index contributed by atoms with van der Waals surface area (Å²) in [4.78, 5) is 2.32. The van der Waals surface area contributed by atoms with E-state index in [0.29, 0.717) is 0 Å². The minimum absolute atomic E-state index is 0.735. The van der Waals surface area contributed by atoms with Crippen LogP contribution in [-0.2, 0) is 0 Å². The monoisotopic (exact) mass is 455 g/mol. The number of rotatable bonds is 3. The normalized spacial score (nSPS) is 12.1. The van der Waals surface area contributed by atoms with Gasteiger partial charge in [0.05, 0.1) is 11.4 Å². The summed E-state index contributed by atoms with van der Waals surface area (Å²) >= 11 is 6.38. The second-order valence-corrected chi connectivity index (χ2v) is 8.86. The first-order chi connectivity index (χ1) is 16.8. The molecule has 1 aliphatic rings. The fraction of sp³-hybridized carbons (Fsp3) is 0. The van der Waals surface area contributed by atoms with E-state index in [1.54, 1.807) is 0 Å². The first kappa shape index (κ1) is 20.5. The Morgan fingerprint density at radius 1 is 0.441 bits per heavy atom. The van der Waals surface area contributed by atoms with Crippen LogP contribution < -0.4 is 4.90 Å². The Hall–Kier alpha value is -4.07. The first-order valence-electron chi connectivity index (χ1n) is 11.4. The number of nitrogens with zero attached hydrogens (tertiary/aromatic N) is 1. The Morgan fingerprint density at radius 3 is 1.59 bits per heavy atom. The molecular weight excluding hydrogens is 434 g/mol. The molecule has 0 saturated heterocycles. The van der Waals surface area contributed by atoms with Gasteiger partial charge in [-0.2, -0.15) is 0 Å². The van der Waals surface area contributed by atoms with Crippen LogP contribution in [0.4, 0.5) is 17.1 Å². The summed E-state index contributed by atoms with van der Waals surface area (Å²) in [5.41, 5.74) is 10.5. The molecule has 2 heteroatoms. The highest BCUT2D eigenvalue weighted by molar-refractivity contribution is 6.31. The zero-order valence-electron chi connectivity index (χ0n) is 18.5. The van der Waals surface area contributed by atoms with E-state index in [0.717, 1.165) is 27.6 Å². The van der Waals surface area contributed by atoms with Crippen molar-refractivity contribution in [3.8, 4) is 22.3 Å². The Morgan fingerprint density at radius 2 is 0.941 bits per heavy atom. The molecule has 0 aliphatic carbocycles. The molecular formula is C32H22ClN. The summed E-state index contributed by atoms with van der Waals surface area (Å²) < 4.78 is 0. The molecule has 34 heavy (non-hydrogen) atoms. The van der Waals surface area contributed by atoms with E-state index in [9.17, 15) is 0 Å². The fourth-order valence-electron chi connectivity index (χ4n) is 4.59. The Labute approximate surface area is 205 Å². The number of anilines is 3. The lowest BCUT2D eigenvalue weighted by Crippen LogP contribution is -2.11. The predicted molar refractivity (Wildman–Crippen MR) is 146 cm³/mol. The van der Waals surface area contributed by atoms with Gasteiger partial charge in [-0.15, -0.1) is 0 Å². The van der Waals surface area contributed by atoms with Gasteiger partial charge in [0.2, 0.25) is 0 Å². The van der Waals surface area contributed by atoms with Gasteiger partial charge < -0.3 is 4.90 Å². The molecule has 1 heterocycles. The molecule has 0 fully saturated rings. The van der Waals surface area contributed by atoms with Crippen molar-refractivity contribution in [1.29, 1.82) is 0 Å². The second kappa shape index (κ2) is 8.70. The van der Waals surface area contributed by atoms with E-state index >= 15 is 0 Å². The second-order valence-electron chi connectivity index (χ2n) is 8.42. The quantitative estimate of drug-likeness (QED) is 0.256. The first-order valence-corrected chi connectivity index (χ1v) is 11.8. The standard InChI is InChI=1S/C32H22ClN/c33-29-16-20-32-28(22-29)12-11-27-21-26(24-9-5-2-6-10-24)15-19-31(27)34(32)30-17-13-25(14-18-30)23-7-3-1-4-8-23/h1-22H. The molecule has 5 aromatic carbocycles. The maximum Gasteiger partial charge on any atom is 0.0535 e. The molecule has 0 amide bonds. The third-order valence-electron chi connectivity index (χ3n) is 6.28. The minimum Gasteiger partial charge on any atom is -0.309 e. The lowest BCUT2D eigenvalue weighted by Gasteiger charge is -2.28. The van der Waals surface area contributed by atoms with Crippen molar-refractivity contribution in [2.45, 2.75) is 0 Å². The van der Waals surface area contributed by atoms with E-state index in [2.05, 4.69) is 114 Å². The maximum absolute atomic E-state index is 6.38. The van der Waals surface area contributed by atoms with Crippen LogP contribution in [-0.4, -0.2) is 0 Å². The average Bonchev–Trinajstić information content (AvgIpc) is 3.06. The highest BCUT2D eigenvalue weighted by atomic mass is 35.5. The smallest absolute Gasteiger partial charge is 0.0535 e. The number of benzene rings is 5. The van der Waals surface area contributed by atoms with Gasteiger partial charge >= 0.3 is 0 Å². The molecule has 0 bridgehead atoms. The van der Waals surface area contributed by atoms with Gasteiger partial charge in [-0.3, -0.25) is 0 Å². The fourth-order valence-corrected chi connectivity index (χ4v) is 4.77. The van der Waals surface area contributed by atoms with Crippen molar-refractivity contribution < 1.29 is 0 Å². The van der Waals surface area contributed by atoms with E-state index in [1.807, 2.05) is 24.3 Å². The average molecular weight is 456 g/mol. The Kier molecular flexibility index (Phi) is 5.25. The molecule has 0 radical (unpaired) electrons. The molecule has 0 spiro atoms. The van der Waals surface area contributed by atoms with Gasteiger partial charge in [0.1, 0.15) is 0 Å². The van der Waals surface area contributed by atoms with Crippen LogP contribution in [0.2, 0.25) is 5.02 Å². The lowest BCUT2D eigenvalue weighted by molar-refractivity contribution is 1.28. The van der Waals surface area contributed by atoms with Crippen molar-refractivity contribution in [3.63, 3.8) is 0 Å². The van der Waals surface area contributed by atoms with Gasteiger partial charge in [-0.1, -0.05) is 103 Å². The summed E-state index contributed by atoms with van der Waals surface area (Å²) in [7, 11) is 0. The van der Waals surface area contributed by atoms with E-state index < -0.39 is 0 Å². The van der Waals surface area contributed by atoms with Crippen LogP contribution >= 0.6 is 11.6 Å². The van der Waals surface area contributed by atoms with Crippen LogP contribution in [0.5, 0.6) is 0 Å². The summed E-state index contributed by atoms with van der Waals surface area (Å²) in [6.45, 7) is 0. The number of fused-ring (bicyclic) bond motifs is 2. The van der Waals surface area contributed by atoms with Crippen molar-refractivity contribution in [3.05, 3.63) is 137 Å². The molecule has 0 aromatic heterocycles. The lowest BCUT2D eigenvalue weighted by atomic mass is 10.0. The molecule has 0 atom stereocenters. The van der Waals surface area contributed by atoms with Crippen molar-refractivity contribution in [1.82, 2.24) is 0 Å². The topological polar surface area (TPSA) is 3.24 Å². The maximum atomic E-state index is 6.38. The van der Waals surface area contributed by atoms with Crippen molar-refractivity contribution in [2.24, 2.45) is 0 Å². The van der Waals surface area contributed by atoms with E-state index in [1.165, 1.54) is 27.8 Å². The van der Waals surface area contributed by atoms with Crippen LogP contribution in [0.1, 0.15) is 11.1 Å². The zero-order valence-corrected chi connectivity index (χ0v) is 19.3. The SMILES string of the molecule is Clc1ccc2c(c1)C=Cc1cc(-c3ccccc3)ccc1N2c1ccc(-c2ccccc2)cc1. The molecule has 1 aliphatic heterocycles.